The molecule has 1 aliphatic heterocycles. The van der Waals surface area contributed by atoms with Crippen LogP contribution >= 0.6 is 0 Å². The molecule has 3 atom stereocenters. The van der Waals surface area contributed by atoms with Crippen molar-refractivity contribution in [3.8, 4) is 17.9 Å². The monoisotopic (exact) mass is 471 g/mol. The van der Waals surface area contributed by atoms with E-state index in [-0.39, 0.29) is 18.8 Å². The summed E-state index contributed by atoms with van der Waals surface area (Å²) in [5, 5.41) is 27.5. The van der Waals surface area contributed by atoms with E-state index in [0.29, 0.717) is 17.4 Å². The van der Waals surface area contributed by atoms with Gasteiger partial charge in [-0.15, -0.1) is 0 Å². The van der Waals surface area contributed by atoms with E-state index < -0.39 is 41.9 Å². The van der Waals surface area contributed by atoms with Gasteiger partial charge in [-0.1, -0.05) is 0 Å². The van der Waals surface area contributed by atoms with Crippen LogP contribution in [0, 0.1) is 22.7 Å². The number of hydrogen-bond acceptors (Lipinski definition) is 6. The Bertz CT molecular complexity index is 1070. The molecule has 1 saturated heterocycles. The van der Waals surface area contributed by atoms with E-state index in [2.05, 4.69) is 0 Å². The summed E-state index contributed by atoms with van der Waals surface area (Å²) in [6, 6.07) is 11.6. The molecule has 6 nitrogen and oxygen atoms in total. The predicted molar refractivity (Wildman–Crippen MR) is 101 cm³/mol. The van der Waals surface area contributed by atoms with Crippen molar-refractivity contribution in [3.05, 3.63) is 59.2 Å². The minimum absolute atomic E-state index is 0.272. The molecular weight excluding hydrogens is 456 g/mol. The van der Waals surface area contributed by atoms with Crippen molar-refractivity contribution < 1.29 is 40.9 Å². The molecular formula is C21H15F6N3O3. The Morgan fingerprint density at radius 1 is 1.06 bits per heavy atom. The number of hydrogen-bond donors (Lipinski definition) is 1. The number of alkyl halides is 6. The Hall–Kier alpha value is -3.48. The zero-order valence-corrected chi connectivity index (χ0v) is 16.6. The van der Waals surface area contributed by atoms with Gasteiger partial charge in [0.25, 0.3) is 0 Å². The Morgan fingerprint density at radius 3 is 2.27 bits per heavy atom. The Labute approximate surface area is 183 Å². The maximum Gasteiger partial charge on any atom is 0.418 e. The van der Waals surface area contributed by atoms with Crippen LogP contribution in [0.1, 0.15) is 16.7 Å². The van der Waals surface area contributed by atoms with E-state index in [1.54, 1.807) is 0 Å². The van der Waals surface area contributed by atoms with Gasteiger partial charge in [-0.05, 0) is 42.5 Å². The van der Waals surface area contributed by atoms with Crippen LogP contribution in [0.4, 0.5) is 32.0 Å². The number of aliphatic hydroxyl groups is 1. The second kappa shape index (κ2) is 9.17. The maximum atomic E-state index is 13.3. The van der Waals surface area contributed by atoms with Crippen LogP contribution in [-0.2, 0) is 10.9 Å². The highest BCUT2D eigenvalue weighted by Gasteiger charge is 2.51. The van der Waals surface area contributed by atoms with E-state index in [0.717, 1.165) is 17.0 Å². The third kappa shape index (κ3) is 5.48. The average Bonchev–Trinajstić information content (AvgIpc) is 3.19. The van der Waals surface area contributed by atoms with E-state index >= 15 is 0 Å². The van der Waals surface area contributed by atoms with Crippen LogP contribution in [0.15, 0.2) is 42.5 Å². The predicted octanol–water partition coefficient (Wildman–Crippen LogP) is 3.98. The van der Waals surface area contributed by atoms with E-state index in [4.69, 9.17) is 20.0 Å². The maximum absolute atomic E-state index is 13.3. The molecule has 3 rings (SSSR count). The number of anilines is 1. The van der Waals surface area contributed by atoms with Gasteiger partial charge in [-0.3, -0.25) is 0 Å². The molecule has 2 aromatic carbocycles. The molecule has 0 radical (unpaired) electrons. The molecule has 2 unspecified atom stereocenters. The van der Waals surface area contributed by atoms with Crippen LogP contribution in [0.3, 0.4) is 0 Å². The van der Waals surface area contributed by atoms with Crippen LogP contribution in [-0.4, -0.2) is 42.9 Å². The lowest BCUT2D eigenvalue weighted by molar-refractivity contribution is -0.234. The topological polar surface area (TPSA) is 89.5 Å². The van der Waals surface area contributed by atoms with Crippen LogP contribution in [0.25, 0.3) is 0 Å². The van der Waals surface area contributed by atoms with Crippen molar-refractivity contribution in [1.29, 1.82) is 10.5 Å². The molecule has 0 saturated carbocycles. The number of halogens is 6. The van der Waals surface area contributed by atoms with Gasteiger partial charge in [0.1, 0.15) is 18.5 Å². The summed E-state index contributed by atoms with van der Waals surface area (Å²) < 4.78 is 90.3. The van der Waals surface area contributed by atoms with Crippen molar-refractivity contribution in [3.63, 3.8) is 0 Å². The molecule has 33 heavy (non-hydrogen) atoms. The second-order valence-electron chi connectivity index (χ2n) is 7.07. The van der Waals surface area contributed by atoms with Gasteiger partial charge in [-0.25, -0.2) is 0 Å². The second-order valence-corrected chi connectivity index (χ2v) is 7.07. The fraction of sp³-hybridized carbons (Fsp3) is 0.333. The minimum atomic E-state index is -5.11. The smallest absolute Gasteiger partial charge is 0.418 e. The molecule has 0 aliphatic carbocycles. The largest absolute Gasteiger partial charge is 0.491 e. The molecule has 174 valence electrons. The van der Waals surface area contributed by atoms with Crippen LogP contribution in [0.5, 0.6) is 5.75 Å². The van der Waals surface area contributed by atoms with Gasteiger partial charge >= 0.3 is 12.4 Å². The van der Waals surface area contributed by atoms with E-state index in [1.165, 1.54) is 30.3 Å². The summed E-state index contributed by atoms with van der Waals surface area (Å²) in [5.41, 5.74) is -1.96. The first-order valence-corrected chi connectivity index (χ1v) is 9.35. The number of benzene rings is 2. The SMILES string of the molecule is N#Cc1ccc(OCC2CN(c3ccc(C#N)c(C(F)(F)F)c3)C([C@H](O)C(F)(F)F)O2)cc1. The van der Waals surface area contributed by atoms with Crippen molar-refractivity contribution >= 4 is 5.69 Å². The highest BCUT2D eigenvalue weighted by atomic mass is 19.4. The Balaban J connectivity index is 1.86. The normalized spacial score (nSPS) is 19.6. The minimum Gasteiger partial charge on any atom is -0.491 e. The fourth-order valence-electron chi connectivity index (χ4n) is 3.25. The molecule has 0 spiro atoms. The summed E-state index contributed by atoms with van der Waals surface area (Å²) in [6.07, 6.45) is -16.1. The summed E-state index contributed by atoms with van der Waals surface area (Å²) in [6.45, 7) is -0.594. The molecule has 1 N–H and O–H groups in total. The lowest BCUT2D eigenvalue weighted by Crippen LogP contribution is -2.48. The molecule has 1 aliphatic rings. The summed E-state index contributed by atoms with van der Waals surface area (Å²) in [5.74, 6) is 0.293. The molecule has 1 fully saturated rings. The lowest BCUT2D eigenvalue weighted by Gasteiger charge is -2.30. The highest BCUT2D eigenvalue weighted by Crippen LogP contribution is 2.38. The fourth-order valence-corrected chi connectivity index (χ4v) is 3.25. The number of nitrogens with zero attached hydrogens (tertiary/aromatic N) is 3. The molecule has 0 amide bonds. The van der Waals surface area contributed by atoms with E-state index in [1.807, 2.05) is 6.07 Å². The van der Waals surface area contributed by atoms with Crippen LogP contribution < -0.4 is 9.64 Å². The highest BCUT2D eigenvalue weighted by molar-refractivity contribution is 5.56. The van der Waals surface area contributed by atoms with Gasteiger partial charge in [0.15, 0.2) is 12.3 Å². The summed E-state index contributed by atoms with van der Waals surface area (Å²) >= 11 is 0. The summed E-state index contributed by atoms with van der Waals surface area (Å²) in [7, 11) is 0. The van der Waals surface area contributed by atoms with Crippen molar-refractivity contribution in [1.82, 2.24) is 0 Å². The number of nitriles is 2. The zero-order valence-electron chi connectivity index (χ0n) is 16.6. The first kappa shape index (κ1) is 24.2. The third-order valence-electron chi connectivity index (χ3n) is 4.82. The first-order chi connectivity index (χ1) is 15.4. The number of ether oxygens (including phenoxy) is 2. The van der Waals surface area contributed by atoms with Crippen molar-refractivity contribution in [2.45, 2.75) is 30.8 Å². The molecule has 0 aromatic heterocycles. The average molecular weight is 471 g/mol. The standard InChI is InChI=1S/C21H15F6N3O3/c22-20(23,24)17-7-14(4-3-13(17)9-29)30-10-16(33-19(30)18(31)21(25,26)27)11-32-15-5-1-12(8-28)2-6-15/h1-7,16,18-19,31H,10-11H2/t16?,18-,19?/m0/s1. The van der Waals surface area contributed by atoms with Crippen molar-refractivity contribution in [2.75, 3.05) is 18.1 Å². The molecule has 2 aromatic rings. The molecule has 0 bridgehead atoms. The van der Waals surface area contributed by atoms with Gasteiger partial charge in [0.2, 0.25) is 0 Å². The summed E-state index contributed by atoms with van der Waals surface area (Å²) in [4.78, 5) is 0.849. The van der Waals surface area contributed by atoms with E-state index in [9.17, 15) is 31.4 Å². The number of aliphatic hydroxyl groups excluding tert-OH is 1. The van der Waals surface area contributed by atoms with Gasteiger partial charge in [0.05, 0.1) is 35.4 Å². The Morgan fingerprint density at radius 2 is 1.73 bits per heavy atom. The molecule has 1 heterocycles. The van der Waals surface area contributed by atoms with Crippen LogP contribution in [0.2, 0.25) is 0 Å². The van der Waals surface area contributed by atoms with Gasteiger partial charge in [0, 0.05) is 5.69 Å². The quantitative estimate of drug-likeness (QED) is 0.664. The number of rotatable bonds is 5. The van der Waals surface area contributed by atoms with Gasteiger partial charge < -0.3 is 19.5 Å². The lowest BCUT2D eigenvalue weighted by atomic mass is 10.1. The Kier molecular flexibility index (Phi) is 6.72. The van der Waals surface area contributed by atoms with Crippen molar-refractivity contribution in [2.24, 2.45) is 0 Å². The third-order valence-corrected chi connectivity index (χ3v) is 4.82. The molecule has 12 heteroatoms. The van der Waals surface area contributed by atoms with Gasteiger partial charge in [-0.2, -0.15) is 36.9 Å². The first-order valence-electron chi connectivity index (χ1n) is 9.35. The zero-order chi connectivity index (χ0) is 24.4.